The number of likely N-dealkylation sites (N-methyl/N-ethyl adjacent to an activating group) is 1. The summed E-state index contributed by atoms with van der Waals surface area (Å²) in [4.78, 5) is 4.90. The zero-order valence-corrected chi connectivity index (χ0v) is 12.2. The maximum atomic E-state index is 5.73. The molecule has 1 fully saturated rings. The number of nitrogens with two attached hydrogens (primary N) is 1. The number of anilines is 1. The third-order valence-electron chi connectivity index (χ3n) is 4.12. The molecule has 4 heteroatoms. The summed E-state index contributed by atoms with van der Waals surface area (Å²) in [5.41, 5.74) is 6.99. The van der Waals surface area contributed by atoms with E-state index in [2.05, 4.69) is 35.9 Å². The highest BCUT2D eigenvalue weighted by atomic mass is 16.5. The van der Waals surface area contributed by atoms with Crippen molar-refractivity contribution < 1.29 is 4.74 Å². The summed E-state index contributed by atoms with van der Waals surface area (Å²) >= 11 is 0. The minimum absolute atomic E-state index is 0.538. The molecule has 0 spiro atoms. The van der Waals surface area contributed by atoms with Gasteiger partial charge >= 0.3 is 0 Å². The summed E-state index contributed by atoms with van der Waals surface area (Å²) in [7, 11) is 3.90. The minimum atomic E-state index is 0.538. The second-order valence-corrected chi connectivity index (χ2v) is 5.35. The molecule has 0 amide bonds. The Balaban J connectivity index is 2.10. The van der Waals surface area contributed by atoms with Gasteiger partial charge in [0.05, 0.1) is 7.11 Å². The van der Waals surface area contributed by atoms with E-state index in [9.17, 15) is 0 Å². The lowest BCUT2D eigenvalue weighted by Crippen LogP contribution is -2.56. The van der Waals surface area contributed by atoms with E-state index in [1.807, 2.05) is 12.1 Å². The number of rotatable bonds is 4. The van der Waals surface area contributed by atoms with Crippen molar-refractivity contribution in [3.63, 3.8) is 0 Å². The van der Waals surface area contributed by atoms with E-state index in [0.29, 0.717) is 12.1 Å². The van der Waals surface area contributed by atoms with Crippen LogP contribution < -0.4 is 15.4 Å². The fourth-order valence-electron chi connectivity index (χ4n) is 2.76. The first-order valence-corrected chi connectivity index (χ1v) is 6.96. The van der Waals surface area contributed by atoms with Crippen molar-refractivity contribution in [3.05, 3.63) is 24.3 Å². The van der Waals surface area contributed by atoms with E-state index in [1.54, 1.807) is 7.11 Å². The molecule has 2 rings (SSSR count). The van der Waals surface area contributed by atoms with Crippen LogP contribution in [0.25, 0.3) is 0 Å². The lowest BCUT2D eigenvalue weighted by molar-refractivity contribution is 0.152. The maximum absolute atomic E-state index is 5.73. The van der Waals surface area contributed by atoms with E-state index in [1.165, 1.54) is 5.69 Å². The van der Waals surface area contributed by atoms with Gasteiger partial charge in [-0.2, -0.15) is 0 Å². The first-order chi connectivity index (χ1) is 9.15. The monoisotopic (exact) mass is 263 g/mol. The molecule has 2 N–H and O–H groups in total. The third-order valence-corrected chi connectivity index (χ3v) is 4.12. The zero-order chi connectivity index (χ0) is 13.8. The largest absolute Gasteiger partial charge is 0.497 e. The van der Waals surface area contributed by atoms with E-state index in [-0.39, 0.29) is 0 Å². The average molecular weight is 263 g/mol. The lowest BCUT2D eigenvalue weighted by atomic mass is 10.0. The molecule has 1 heterocycles. The summed E-state index contributed by atoms with van der Waals surface area (Å²) in [6, 6.07) is 9.41. The van der Waals surface area contributed by atoms with Gasteiger partial charge in [0.1, 0.15) is 5.75 Å². The fraction of sp³-hybridized carbons (Fsp3) is 0.600. The van der Waals surface area contributed by atoms with E-state index >= 15 is 0 Å². The smallest absolute Gasteiger partial charge is 0.119 e. The van der Waals surface area contributed by atoms with Gasteiger partial charge in [0.2, 0.25) is 0 Å². The summed E-state index contributed by atoms with van der Waals surface area (Å²) in [5, 5.41) is 0. The lowest BCUT2D eigenvalue weighted by Gasteiger charge is -2.45. The summed E-state index contributed by atoms with van der Waals surface area (Å²) in [6.07, 6.45) is 1.05. The number of ether oxygens (including phenoxy) is 1. The van der Waals surface area contributed by atoms with E-state index < -0.39 is 0 Å². The second-order valence-electron chi connectivity index (χ2n) is 5.35. The Kier molecular flexibility index (Phi) is 4.66. The molecule has 0 aromatic heterocycles. The van der Waals surface area contributed by atoms with Crippen LogP contribution in [0.15, 0.2) is 24.3 Å². The molecule has 1 aliphatic heterocycles. The summed E-state index contributed by atoms with van der Waals surface area (Å²) in [5.74, 6) is 0.907. The molecule has 2 unspecified atom stereocenters. The molecular weight excluding hydrogens is 238 g/mol. The zero-order valence-electron chi connectivity index (χ0n) is 12.2. The van der Waals surface area contributed by atoms with E-state index in [4.69, 9.17) is 10.5 Å². The van der Waals surface area contributed by atoms with Gasteiger partial charge in [0, 0.05) is 30.9 Å². The van der Waals surface area contributed by atoms with Gasteiger partial charge in [0.25, 0.3) is 0 Å². The molecule has 1 aliphatic rings. The molecule has 0 aliphatic carbocycles. The van der Waals surface area contributed by atoms with Crippen LogP contribution >= 0.6 is 0 Å². The molecular formula is C15H25N3O. The van der Waals surface area contributed by atoms with Gasteiger partial charge in [-0.05, 0) is 51.2 Å². The Morgan fingerprint density at radius 3 is 2.53 bits per heavy atom. The van der Waals surface area contributed by atoms with Crippen molar-refractivity contribution >= 4 is 5.69 Å². The van der Waals surface area contributed by atoms with Crippen LogP contribution in [-0.4, -0.2) is 50.8 Å². The Hall–Kier alpha value is -1.26. The number of methoxy groups -OCH3 is 1. The van der Waals surface area contributed by atoms with Crippen molar-refractivity contribution in [2.45, 2.75) is 25.4 Å². The summed E-state index contributed by atoms with van der Waals surface area (Å²) < 4.78 is 5.21. The van der Waals surface area contributed by atoms with Crippen LogP contribution in [0.4, 0.5) is 5.69 Å². The van der Waals surface area contributed by atoms with Crippen molar-refractivity contribution in [2.24, 2.45) is 5.73 Å². The average Bonchev–Trinajstić information content (AvgIpc) is 2.44. The van der Waals surface area contributed by atoms with Gasteiger partial charge in [0.15, 0.2) is 0 Å². The third kappa shape index (κ3) is 3.19. The van der Waals surface area contributed by atoms with Crippen molar-refractivity contribution in [1.82, 2.24) is 4.90 Å². The predicted molar refractivity (Wildman–Crippen MR) is 79.9 cm³/mol. The number of benzene rings is 1. The molecule has 0 bridgehead atoms. The van der Waals surface area contributed by atoms with Gasteiger partial charge in [-0.25, -0.2) is 0 Å². The van der Waals surface area contributed by atoms with Gasteiger partial charge in [-0.15, -0.1) is 0 Å². The normalized spacial score (nSPS) is 24.5. The van der Waals surface area contributed by atoms with Crippen molar-refractivity contribution in [3.8, 4) is 5.75 Å². The molecule has 1 aromatic rings. The molecule has 106 valence electrons. The van der Waals surface area contributed by atoms with Gasteiger partial charge in [-0.1, -0.05) is 0 Å². The van der Waals surface area contributed by atoms with Crippen LogP contribution in [0.3, 0.4) is 0 Å². The van der Waals surface area contributed by atoms with Crippen molar-refractivity contribution in [1.29, 1.82) is 0 Å². The summed E-state index contributed by atoms with van der Waals surface area (Å²) in [6.45, 7) is 5.13. The maximum Gasteiger partial charge on any atom is 0.119 e. The number of piperazine rings is 1. The topological polar surface area (TPSA) is 41.7 Å². The Morgan fingerprint density at radius 1 is 1.26 bits per heavy atom. The van der Waals surface area contributed by atoms with Crippen LogP contribution in [0, 0.1) is 0 Å². The Morgan fingerprint density at radius 2 is 1.95 bits per heavy atom. The Labute approximate surface area is 116 Å². The number of nitrogens with zero attached hydrogens (tertiary/aromatic N) is 2. The predicted octanol–water partition coefficient (Wildman–Crippen LogP) is 1.55. The fourth-order valence-corrected chi connectivity index (χ4v) is 2.76. The SMILES string of the molecule is COc1ccc(N2CC(C)N(C)C(CCN)C2)cc1. The molecule has 0 saturated carbocycles. The number of hydrogen-bond donors (Lipinski definition) is 1. The quantitative estimate of drug-likeness (QED) is 0.895. The van der Waals surface area contributed by atoms with Gasteiger partial charge in [-0.3, -0.25) is 4.90 Å². The number of hydrogen-bond acceptors (Lipinski definition) is 4. The van der Waals surface area contributed by atoms with Crippen LogP contribution in [-0.2, 0) is 0 Å². The highest BCUT2D eigenvalue weighted by molar-refractivity contribution is 5.49. The highest BCUT2D eigenvalue weighted by Gasteiger charge is 2.28. The first-order valence-electron chi connectivity index (χ1n) is 6.96. The molecule has 1 aromatic carbocycles. The Bertz CT molecular complexity index is 393. The second kappa shape index (κ2) is 6.26. The standard InChI is InChI=1S/C15H25N3O/c1-12-10-18(11-14(8-9-16)17(12)2)13-4-6-15(19-3)7-5-13/h4-7,12,14H,8-11,16H2,1-3H3. The molecule has 4 nitrogen and oxygen atoms in total. The van der Waals surface area contributed by atoms with Crippen molar-refractivity contribution in [2.75, 3.05) is 38.7 Å². The molecule has 2 atom stereocenters. The molecule has 0 radical (unpaired) electrons. The van der Waals surface area contributed by atoms with Gasteiger partial charge < -0.3 is 15.4 Å². The minimum Gasteiger partial charge on any atom is -0.497 e. The highest BCUT2D eigenvalue weighted by Crippen LogP contribution is 2.24. The molecule has 1 saturated heterocycles. The van der Waals surface area contributed by atoms with E-state index in [0.717, 1.165) is 31.8 Å². The first kappa shape index (κ1) is 14.2. The van der Waals surface area contributed by atoms with Crippen LogP contribution in [0.2, 0.25) is 0 Å². The molecule has 19 heavy (non-hydrogen) atoms. The van der Waals surface area contributed by atoms with Crippen LogP contribution in [0.1, 0.15) is 13.3 Å². The van der Waals surface area contributed by atoms with Crippen LogP contribution in [0.5, 0.6) is 5.75 Å².